The molecule has 1 heterocycles. The van der Waals surface area contributed by atoms with Gasteiger partial charge in [0.25, 0.3) is 0 Å². The van der Waals surface area contributed by atoms with E-state index < -0.39 is 0 Å². The second-order valence-corrected chi connectivity index (χ2v) is 6.21. The fourth-order valence-electron chi connectivity index (χ4n) is 2.45. The number of unbranched alkanes of at least 4 members (excludes halogenated alkanes) is 1. The molecule has 0 aliphatic rings. The summed E-state index contributed by atoms with van der Waals surface area (Å²) in [4.78, 5) is 0. The lowest BCUT2D eigenvalue weighted by Crippen LogP contribution is -2.20. The van der Waals surface area contributed by atoms with Gasteiger partial charge >= 0.3 is 0 Å². The second-order valence-electron chi connectivity index (χ2n) is 6.21. The summed E-state index contributed by atoms with van der Waals surface area (Å²) < 4.78 is 2.46. The van der Waals surface area contributed by atoms with Gasteiger partial charge in [-0.1, -0.05) is 53.9 Å². The summed E-state index contributed by atoms with van der Waals surface area (Å²) in [5.74, 6) is 0.837. The fourth-order valence-corrected chi connectivity index (χ4v) is 2.45. The minimum Gasteiger partial charge on any atom is -0.351 e. The highest BCUT2D eigenvalue weighted by molar-refractivity contribution is 5.16. The van der Waals surface area contributed by atoms with Crippen molar-refractivity contribution in [3.05, 3.63) is 24.0 Å². The number of nitrogens with zero attached hydrogens (tertiary/aromatic N) is 1. The third kappa shape index (κ3) is 4.22. The molecular weight excluding hydrogens is 206 g/mol. The molecule has 1 aromatic heterocycles. The standard InChI is InChI=1S/C16H29N/c1-6-8-10-14(7-2)13-17-12-9-11-15(17)16(3,4)5/h9,11-12,14H,6-8,10,13H2,1-5H3. The van der Waals surface area contributed by atoms with Crippen LogP contribution in [0.25, 0.3) is 0 Å². The summed E-state index contributed by atoms with van der Waals surface area (Å²) in [5, 5.41) is 0. The van der Waals surface area contributed by atoms with E-state index in [1.54, 1.807) is 0 Å². The van der Waals surface area contributed by atoms with Crippen molar-refractivity contribution < 1.29 is 0 Å². The van der Waals surface area contributed by atoms with Crippen LogP contribution in [0.2, 0.25) is 0 Å². The van der Waals surface area contributed by atoms with Crippen molar-refractivity contribution in [3.8, 4) is 0 Å². The average Bonchev–Trinajstić information content (AvgIpc) is 2.71. The van der Waals surface area contributed by atoms with Gasteiger partial charge in [0.1, 0.15) is 0 Å². The van der Waals surface area contributed by atoms with E-state index in [1.165, 1.54) is 37.9 Å². The lowest BCUT2D eigenvalue weighted by atomic mass is 9.91. The van der Waals surface area contributed by atoms with Crippen LogP contribution in [0, 0.1) is 5.92 Å². The first-order valence-corrected chi connectivity index (χ1v) is 7.14. The summed E-state index contributed by atoms with van der Waals surface area (Å²) in [5.41, 5.74) is 1.72. The molecule has 1 unspecified atom stereocenters. The molecule has 0 radical (unpaired) electrons. The number of aromatic nitrogens is 1. The molecule has 1 nitrogen and oxygen atoms in total. The summed E-state index contributed by atoms with van der Waals surface area (Å²) in [6, 6.07) is 4.46. The minimum absolute atomic E-state index is 0.256. The molecule has 0 saturated heterocycles. The van der Waals surface area contributed by atoms with Gasteiger partial charge in [-0.3, -0.25) is 0 Å². The summed E-state index contributed by atoms with van der Waals surface area (Å²) in [6.45, 7) is 12.7. The zero-order chi connectivity index (χ0) is 12.9. The largest absolute Gasteiger partial charge is 0.351 e. The predicted molar refractivity (Wildman–Crippen MR) is 76.4 cm³/mol. The molecule has 0 fully saturated rings. The Hall–Kier alpha value is -0.720. The van der Waals surface area contributed by atoms with Gasteiger partial charge in [-0.15, -0.1) is 0 Å². The fraction of sp³-hybridized carbons (Fsp3) is 0.750. The molecular formula is C16H29N. The van der Waals surface area contributed by atoms with Crippen LogP contribution >= 0.6 is 0 Å². The second kappa shape index (κ2) is 6.28. The summed E-state index contributed by atoms with van der Waals surface area (Å²) in [7, 11) is 0. The van der Waals surface area contributed by atoms with E-state index in [0.717, 1.165) is 5.92 Å². The van der Waals surface area contributed by atoms with Crippen molar-refractivity contribution in [3.63, 3.8) is 0 Å². The first kappa shape index (κ1) is 14.3. The highest BCUT2D eigenvalue weighted by Gasteiger charge is 2.18. The van der Waals surface area contributed by atoms with Gasteiger partial charge in [-0.25, -0.2) is 0 Å². The highest BCUT2D eigenvalue weighted by Crippen LogP contribution is 2.25. The zero-order valence-electron chi connectivity index (χ0n) is 12.3. The van der Waals surface area contributed by atoms with Crippen LogP contribution in [0.4, 0.5) is 0 Å². The molecule has 0 amide bonds. The van der Waals surface area contributed by atoms with E-state index in [0.29, 0.717) is 0 Å². The van der Waals surface area contributed by atoms with E-state index in [4.69, 9.17) is 0 Å². The molecule has 0 bridgehead atoms. The number of hydrogen-bond donors (Lipinski definition) is 0. The van der Waals surface area contributed by atoms with E-state index >= 15 is 0 Å². The molecule has 1 aromatic rings. The smallest absolute Gasteiger partial charge is 0.0250 e. The molecule has 0 aliphatic carbocycles. The maximum absolute atomic E-state index is 2.46. The van der Waals surface area contributed by atoms with Crippen molar-refractivity contribution in [2.45, 2.75) is 72.3 Å². The molecule has 0 N–H and O–H groups in total. The number of hydrogen-bond acceptors (Lipinski definition) is 0. The molecule has 17 heavy (non-hydrogen) atoms. The van der Waals surface area contributed by atoms with Crippen LogP contribution in [0.15, 0.2) is 18.3 Å². The minimum atomic E-state index is 0.256. The van der Waals surface area contributed by atoms with Crippen LogP contribution in [0.5, 0.6) is 0 Å². The van der Waals surface area contributed by atoms with Crippen molar-refractivity contribution >= 4 is 0 Å². The van der Waals surface area contributed by atoms with Crippen molar-refractivity contribution in [1.29, 1.82) is 0 Å². The number of rotatable bonds is 6. The van der Waals surface area contributed by atoms with E-state index in [9.17, 15) is 0 Å². The first-order valence-electron chi connectivity index (χ1n) is 7.14. The van der Waals surface area contributed by atoms with Gasteiger partial charge in [-0.2, -0.15) is 0 Å². The maximum Gasteiger partial charge on any atom is 0.0250 e. The zero-order valence-corrected chi connectivity index (χ0v) is 12.3. The molecule has 1 rings (SSSR count). The monoisotopic (exact) mass is 235 g/mol. The van der Waals surface area contributed by atoms with Crippen molar-refractivity contribution in [2.24, 2.45) is 5.92 Å². The first-order chi connectivity index (χ1) is 7.99. The quantitative estimate of drug-likeness (QED) is 0.653. The molecule has 0 aromatic carbocycles. The highest BCUT2D eigenvalue weighted by atomic mass is 15.0. The van der Waals surface area contributed by atoms with Crippen molar-refractivity contribution in [2.75, 3.05) is 0 Å². The Morgan fingerprint density at radius 1 is 1.24 bits per heavy atom. The van der Waals surface area contributed by atoms with Gasteiger partial charge in [0.15, 0.2) is 0 Å². The Bertz CT molecular complexity index is 317. The van der Waals surface area contributed by atoms with E-state index in [2.05, 4.69) is 57.5 Å². The van der Waals surface area contributed by atoms with Gasteiger partial charge < -0.3 is 4.57 Å². The molecule has 0 saturated carbocycles. The Balaban J connectivity index is 2.70. The van der Waals surface area contributed by atoms with Gasteiger partial charge in [0, 0.05) is 23.9 Å². The van der Waals surface area contributed by atoms with Crippen LogP contribution in [0.3, 0.4) is 0 Å². The normalized spacial score (nSPS) is 13.9. The summed E-state index contributed by atoms with van der Waals surface area (Å²) >= 11 is 0. The maximum atomic E-state index is 2.46. The Kier molecular flexibility index (Phi) is 5.30. The Labute approximate surface area is 107 Å². The molecule has 0 aliphatic heterocycles. The summed E-state index contributed by atoms with van der Waals surface area (Å²) in [6.07, 6.45) is 7.59. The molecule has 1 heteroatoms. The molecule has 1 atom stereocenters. The molecule has 98 valence electrons. The molecule has 0 spiro atoms. The Morgan fingerprint density at radius 3 is 2.47 bits per heavy atom. The van der Waals surface area contributed by atoms with Gasteiger partial charge in [-0.05, 0) is 24.5 Å². The van der Waals surface area contributed by atoms with Gasteiger partial charge in [0.2, 0.25) is 0 Å². The SMILES string of the molecule is CCCCC(CC)Cn1cccc1C(C)(C)C. The third-order valence-corrected chi connectivity index (χ3v) is 3.60. The average molecular weight is 235 g/mol. The van der Waals surface area contributed by atoms with Crippen LogP contribution in [-0.4, -0.2) is 4.57 Å². The lowest BCUT2D eigenvalue weighted by molar-refractivity contribution is 0.374. The Morgan fingerprint density at radius 2 is 1.94 bits per heavy atom. The lowest BCUT2D eigenvalue weighted by Gasteiger charge is -2.24. The third-order valence-electron chi connectivity index (χ3n) is 3.60. The van der Waals surface area contributed by atoms with E-state index in [1.807, 2.05) is 0 Å². The van der Waals surface area contributed by atoms with Gasteiger partial charge in [0.05, 0.1) is 0 Å². The van der Waals surface area contributed by atoms with Crippen LogP contribution in [0.1, 0.15) is 66.0 Å². The predicted octanol–water partition coefficient (Wildman–Crippen LogP) is 5.00. The van der Waals surface area contributed by atoms with E-state index in [-0.39, 0.29) is 5.41 Å². The van der Waals surface area contributed by atoms with Crippen molar-refractivity contribution in [1.82, 2.24) is 4.57 Å². The van der Waals surface area contributed by atoms with Crippen LogP contribution < -0.4 is 0 Å². The van der Waals surface area contributed by atoms with Crippen LogP contribution in [-0.2, 0) is 12.0 Å². The topological polar surface area (TPSA) is 4.93 Å².